The summed E-state index contributed by atoms with van der Waals surface area (Å²) in [6.45, 7) is 2.46. The highest BCUT2D eigenvalue weighted by molar-refractivity contribution is 5.93. The number of hydrogen-bond acceptors (Lipinski definition) is 4. The summed E-state index contributed by atoms with van der Waals surface area (Å²) in [5.41, 5.74) is 1.51. The molecule has 4 rings (SSSR count). The lowest BCUT2D eigenvalue weighted by molar-refractivity contribution is -0.140. The number of fused-ring (bicyclic) bond motifs is 1. The normalized spacial score (nSPS) is 23.4. The summed E-state index contributed by atoms with van der Waals surface area (Å²) < 4.78 is 0. The number of nitrogens with zero attached hydrogens (tertiary/aromatic N) is 4. The van der Waals surface area contributed by atoms with Crippen LogP contribution in [0.5, 0.6) is 0 Å². The van der Waals surface area contributed by atoms with Crippen molar-refractivity contribution >= 4 is 11.8 Å². The number of aromatic amines is 1. The van der Waals surface area contributed by atoms with Gasteiger partial charge in [-0.3, -0.25) is 19.7 Å². The van der Waals surface area contributed by atoms with Gasteiger partial charge in [0.2, 0.25) is 5.91 Å². The van der Waals surface area contributed by atoms with Gasteiger partial charge in [-0.05, 0) is 30.0 Å². The van der Waals surface area contributed by atoms with E-state index in [9.17, 15) is 9.59 Å². The number of likely N-dealkylation sites (tertiary alicyclic amines) is 2. The number of rotatable bonds is 3. The average molecular weight is 325 g/mol. The Balaban J connectivity index is 1.44. The fraction of sp³-hybridized carbons (Fsp3) is 0.412. The summed E-state index contributed by atoms with van der Waals surface area (Å²) in [5, 5.41) is 6.53. The number of pyridine rings is 1. The topological polar surface area (TPSA) is 82.2 Å². The van der Waals surface area contributed by atoms with Crippen molar-refractivity contribution in [1.29, 1.82) is 0 Å². The molecule has 0 aromatic carbocycles. The number of amides is 2. The molecule has 24 heavy (non-hydrogen) atoms. The molecular formula is C17H19N5O2. The van der Waals surface area contributed by atoms with Crippen molar-refractivity contribution in [3.8, 4) is 0 Å². The Morgan fingerprint density at radius 3 is 2.96 bits per heavy atom. The van der Waals surface area contributed by atoms with Crippen LogP contribution in [0.4, 0.5) is 0 Å². The SMILES string of the molecule is O=C(c1ccn[nH]1)N1CC2CCN(Cc3cccnc3)C(=O)C2C1. The molecule has 0 aliphatic carbocycles. The highest BCUT2D eigenvalue weighted by Crippen LogP contribution is 2.33. The van der Waals surface area contributed by atoms with E-state index in [1.807, 2.05) is 17.0 Å². The number of carbonyl (C=O) groups is 2. The molecular weight excluding hydrogens is 306 g/mol. The fourth-order valence-electron chi connectivity index (χ4n) is 3.69. The van der Waals surface area contributed by atoms with E-state index in [2.05, 4.69) is 15.2 Å². The molecule has 0 bridgehead atoms. The van der Waals surface area contributed by atoms with Crippen LogP contribution in [-0.2, 0) is 11.3 Å². The third-order valence-electron chi connectivity index (χ3n) is 4.95. The smallest absolute Gasteiger partial charge is 0.271 e. The van der Waals surface area contributed by atoms with Crippen LogP contribution in [0.25, 0.3) is 0 Å². The van der Waals surface area contributed by atoms with Crippen molar-refractivity contribution in [3.05, 3.63) is 48.0 Å². The quantitative estimate of drug-likeness (QED) is 0.910. The Morgan fingerprint density at radius 2 is 2.21 bits per heavy atom. The molecule has 0 spiro atoms. The average Bonchev–Trinajstić information content (AvgIpc) is 3.27. The minimum Gasteiger partial charge on any atom is -0.338 e. The van der Waals surface area contributed by atoms with Crippen molar-refractivity contribution in [2.45, 2.75) is 13.0 Å². The summed E-state index contributed by atoms with van der Waals surface area (Å²) in [5.74, 6) is 0.236. The Kier molecular flexibility index (Phi) is 3.76. The molecule has 0 radical (unpaired) electrons. The third-order valence-corrected chi connectivity index (χ3v) is 4.95. The first-order valence-electron chi connectivity index (χ1n) is 8.18. The zero-order valence-corrected chi connectivity index (χ0v) is 13.3. The van der Waals surface area contributed by atoms with Crippen molar-refractivity contribution in [3.63, 3.8) is 0 Å². The van der Waals surface area contributed by atoms with Crippen molar-refractivity contribution in [1.82, 2.24) is 25.0 Å². The second kappa shape index (κ2) is 6.07. The van der Waals surface area contributed by atoms with Crippen LogP contribution in [-0.4, -0.2) is 56.4 Å². The van der Waals surface area contributed by atoms with Gasteiger partial charge in [0.15, 0.2) is 0 Å². The van der Waals surface area contributed by atoms with E-state index in [-0.39, 0.29) is 23.7 Å². The first-order valence-corrected chi connectivity index (χ1v) is 8.18. The molecule has 2 aromatic rings. The van der Waals surface area contributed by atoms with Gasteiger partial charge in [0.1, 0.15) is 5.69 Å². The van der Waals surface area contributed by atoms with Gasteiger partial charge in [0.25, 0.3) is 5.91 Å². The molecule has 2 unspecified atom stereocenters. The lowest BCUT2D eigenvalue weighted by Gasteiger charge is -2.33. The largest absolute Gasteiger partial charge is 0.338 e. The number of nitrogens with one attached hydrogen (secondary N) is 1. The molecule has 7 nitrogen and oxygen atoms in total. The van der Waals surface area contributed by atoms with E-state index in [4.69, 9.17) is 0 Å². The molecule has 124 valence electrons. The van der Waals surface area contributed by atoms with E-state index < -0.39 is 0 Å². The highest BCUT2D eigenvalue weighted by atomic mass is 16.2. The standard InChI is InChI=1S/C17H19N5O2/c23-16-14-11-22(17(24)15-3-6-19-20-15)10-13(14)4-7-21(16)9-12-2-1-5-18-8-12/h1-3,5-6,8,13-14H,4,7,9-11H2,(H,19,20). The van der Waals surface area contributed by atoms with Gasteiger partial charge in [0.05, 0.1) is 5.92 Å². The first kappa shape index (κ1) is 14.9. The Morgan fingerprint density at radius 1 is 1.29 bits per heavy atom. The van der Waals surface area contributed by atoms with Crippen LogP contribution in [0.3, 0.4) is 0 Å². The van der Waals surface area contributed by atoms with Gasteiger partial charge in [-0.15, -0.1) is 0 Å². The second-order valence-corrected chi connectivity index (χ2v) is 6.46. The summed E-state index contributed by atoms with van der Waals surface area (Å²) in [6, 6.07) is 5.53. The number of hydrogen-bond donors (Lipinski definition) is 1. The summed E-state index contributed by atoms with van der Waals surface area (Å²) in [7, 11) is 0. The maximum absolute atomic E-state index is 12.8. The molecule has 7 heteroatoms. The summed E-state index contributed by atoms with van der Waals surface area (Å²) in [4.78, 5) is 33.0. The predicted octanol–water partition coefficient (Wildman–Crippen LogP) is 0.925. The van der Waals surface area contributed by atoms with Gasteiger partial charge in [-0.2, -0.15) is 5.10 Å². The van der Waals surface area contributed by atoms with Gasteiger partial charge in [0, 0.05) is 44.8 Å². The maximum Gasteiger partial charge on any atom is 0.271 e. The van der Waals surface area contributed by atoms with Crippen LogP contribution >= 0.6 is 0 Å². The fourth-order valence-corrected chi connectivity index (χ4v) is 3.69. The molecule has 2 aliphatic rings. The Bertz CT molecular complexity index is 731. The van der Waals surface area contributed by atoms with Gasteiger partial charge in [-0.25, -0.2) is 0 Å². The minimum absolute atomic E-state index is 0.0755. The Hall–Kier alpha value is -2.70. The molecule has 2 amide bonds. The maximum atomic E-state index is 12.8. The van der Waals surface area contributed by atoms with Crippen molar-refractivity contribution in [2.24, 2.45) is 11.8 Å². The second-order valence-electron chi connectivity index (χ2n) is 6.46. The number of carbonyl (C=O) groups excluding carboxylic acids is 2. The first-order chi connectivity index (χ1) is 11.7. The monoisotopic (exact) mass is 325 g/mol. The molecule has 0 saturated carbocycles. The number of H-pyrrole nitrogens is 1. The zero-order chi connectivity index (χ0) is 16.5. The molecule has 2 atom stereocenters. The van der Waals surface area contributed by atoms with Crippen LogP contribution in [0.2, 0.25) is 0 Å². The number of piperidine rings is 1. The molecule has 2 saturated heterocycles. The van der Waals surface area contributed by atoms with E-state index in [0.29, 0.717) is 25.3 Å². The minimum atomic E-state index is -0.0951. The lowest BCUT2D eigenvalue weighted by Crippen LogP contribution is -2.44. The summed E-state index contributed by atoms with van der Waals surface area (Å²) >= 11 is 0. The highest BCUT2D eigenvalue weighted by Gasteiger charge is 2.44. The van der Waals surface area contributed by atoms with E-state index in [1.165, 1.54) is 0 Å². The van der Waals surface area contributed by atoms with Crippen LogP contribution < -0.4 is 0 Å². The molecule has 1 N–H and O–H groups in total. The summed E-state index contributed by atoms with van der Waals surface area (Å²) in [6.07, 6.45) is 6.02. The third kappa shape index (κ3) is 2.66. The van der Waals surface area contributed by atoms with Crippen molar-refractivity contribution < 1.29 is 9.59 Å². The number of aromatic nitrogens is 3. The van der Waals surface area contributed by atoms with Gasteiger partial charge < -0.3 is 9.80 Å². The van der Waals surface area contributed by atoms with Crippen LogP contribution in [0, 0.1) is 11.8 Å². The van der Waals surface area contributed by atoms with Crippen molar-refractivity contribution in [2.75, 3.05) is 19.6 Å². The van der Waals surface area contributed by atoms with E-state index in [0.717, 1.165) is 18.5 Å². The lowest BCUT2D eigenvalue weighted by atomic mass is 9.88. The molecule has 4 heterocycles. The molecule has 2 aromatic heterocycles. The zero-order valence-electron chi connectivity index (χ0n) is 13.3. The molecule has 2 fully saturated rings. The van der Waals surface area contributed by atoms with E-state index >= 15 is 0 Å². The van der Waals surface area contributed by atoms with Gasteiger partial charge >= 0.3 is 0 Å². The van der Waals surface area contributed by atoms with Crippen LogP contribution in [0.1, 0.15) is 22.5 Å². The molecule has 2 aliphatic heterocycles. The van der Waals surface area contributed by atoms with Crippen LogP contribution in [0.15, 0.2) is 36.8 Å². The van der Waals surface area contributed by atoms with Gasteiger partial charge in [-0.1, -0.05) is 6.07 Å². The Labute approximate surface area is 139 Å². The predicted molar refractivity (Wildman–Crippen MR) is 85.7 cm³/mol. The van der Waals surface area contributed by atoms with E-state index in [1.54, 1.807) is 29.6 Å².